The van der Waals surface area contributed by atoms with Crippen LogP contribution in [0.2, 0.25) is 0 Å². The Balaban J connectivity index is 2.26. The van der Waals surface area contributed by atoms with Gasteiger partial charge in [-0.15, -0.1) is 0 Å². The fourth-order valence-corrected chi connectivity index (χ4v) is 2.28. The van der Waals surface area contributed by atoms with Gasteiger partial charge in [-0.1, -0.05) is 25.5 Å². The van der Waals surface area contributed by atoms with Crippen LogP contribution in [0.3, 0.4) is 0 Å². The lowest BCUT2D eigenvalue weighted by Gasteiger charge is -2.19. The maximum atomic E-state index is 8.99. The molecule has 1 rings (SSSR count). The highest BCUT2D eigenvalue weighted by atomic mass is 16.5. The fourth-order valence-electron chi connectivity index (χ4n) is 2.28. The summed E-state index contributed by atoms with van der Waals surface area (Å²) in [6.07, 6.45) is 4.23. The van der Waals surface area contributed by atoms with E-state index in [2.05, 4.69) is 31.3 Å². The smallest absolute Gasteiger partial charge is 0.118 e. The van der Waals surface area contributed by atoms with E-state index in [-0.39, 0.29) is 0 Å². The van der Waals surface area contributed by atoms with Crippen molar-refractivity contribution in [3.8, 4) is 5.75 Å². The summed E-state index contributed by atoms with van der Waals surface area (Å²) in [7, 11) is 1.69. The van der Waals surface area contributed by atoms with Crippen LogP contribution in [0.5, 0.6) is 5.75 Å². The first-order valence-corrected chi connectivity index (χ1v) is 7.66. The highest BCUT2D eigenvalue weighted by Crippen LogP contribution is 2.13. The minimum Gasteiger partial charge on any atom is -0.497 e. The number of aliphatic hydroxyl groups is 1. The lowest BCUT2D eigenvalue weighted by atomic mass is 10.0. The molecule has 0 saturated carbocycles. The van der Waals surface area contributed by atoms with E-state index < -0.39 is 0 Å². The normalized spacial score (nSPS) is 14.0. The molecule has 0 bridgehead atoms. The number of methoxy groups -OCH3 is 1. The van der Waals surface area contributed by atoms with Crippen molar-refractivity contribution in [1.29, 1.82) is 0 Å². The van der Waals surface area contributed by atoms with E-state index in [0.29, 0.717) is 18.6 Å². The highest BCUT2D eigenvalue weighted by molar-refractivity contribution is 5.27. The molecule has 0 aromatic heterocycles. The van der Waals surface area contributed by atoms with Crippen molar-refractivity contribution in [3.05, 3.63) is 29.8 Å². The number of hydrogen-bond acceptors (Lipinski definition) is 3. The zero-order chi connectivity index (χ0) is 14.8. The molecule has 0 aliphatic carbocycles. The van der Waals surface area contributed by atoms with Gasteiger partial charge in [0.15, 0.2) is 0 Å². The molecule has 3 heteroatoms. The average Bonchev–Trinajstić information content (AvgIpc) is 2.49. The Morgan fingerprint density at radius 1 is 1.20 bits per heavy atom. The Hall–Kier alpha value is -1.06. The fraction of sp³-hybridized carbons (Fsp3) is 0.647. The van der Waals surface area contributed by atoms with Crippen LogP contribution in [0.25, 0.3) is 0 Å². The van der Waals surface area contributed by atoms with Gasteiger partial charge < -0.3 is 15.2 Å². The summed E-state index contributed by atoms with van der Waals surface area (Å²) in [5, 5.41) is 12.6. The summed E-state index contributed by atoms with van der Waals surface area (Å²) in [6.45, 7) is 5.71. The predicted molar refractivity (Wildman–Crippen MR) is 84.3 cm³/mol. The van der Waals surface area contributed by atoms with E-state index in [9.17, 15) is 0 Å². The molecule has 1 aromatic rings. The molecule has 0 fully saturated rings. The summed E-state index contributed by atoms with van der Waals surface area (Å²) in [6, 6.07) is 8.80. The standard InChI is InChI=1S/C17H29NO2/c1-4-15(11-12-19)13-18-14(2)5-6-16-7-9-17(20-3)10-8-16/h7-10,14-15,18-19H,4-6,11-13H2,1-3H3. The van der Waals surface area contributed by atoms with Crippen LogP contribution in [0.15, 0.2) is 24.3 Å². The number of benzene rings is 1. The van der Waals surface area contributed by atoms with Gasteiger partial charge in [0.25, 0.3) is 0 Å². The summed E-state index contributed by atoms with van der Waals surface area (Å²) in [4.78, 5) is 0. The van der Waals surface area contributed by atoms with Gasteiger partial charge in [-0.05, 0) is 56.3 Å². The van der Waals surface area contributed by atoms with E-state index in [1.165, 1.54) is 5.56 Å². The Kier molecular flexibility index (Phi) is 8.31. The molecule has 1 aromatic carbocycles. The monoisotopic (exact) mass is 279 g/mol. The zero-order valence-corrected chi connectivity index (χ0v) is 13.1. The SMILES string of the molecule is CCC(CCO)CNC(C)CCc1ccc(OC)cc1. The third-order valence-electron chi connectivity index (χ3n) is 3.89. The third kappa shape index (κ3) is 6.40. The minimum atomic E-state index is 0.292. The first-order valence-electron chi connectivity index (χ1n) is 7.66. The molecule has 20 heavy (non-hydrogen) atoms. The summed E-state index contributed by atoms with van der Waals surface area (Å²) < 4.78 is 5.16. The molecule has 2 unspecified atom stereocenters. The Morgan fingerprint density at radius 2 is 1.90 bits per heavy atom. The number of rotatable bonds is 10. The summed E-state index contributed by atoms with van der Waals surface area (Å²) in [5.41, 5.74) is 1.35. The third-order valence-corrected chi connectivity index (χ3v) is 3.89. The molecule has 0 radical (unpaired) electrons. The van der Waals surface area contributed by atoms with Crippen LogP contribution < -0.4 is 10.1 Å². The number of aliphatic hydroxyl groups excluding tert-OH is 1. The first kappa shape index (κ1) is 17.0. The first-order chi connectivity index (χ1) is 9.69. The van der Waals surface area contributed by atoms with Gasteiger partial charge in [-0.3, -0.25) is 0 Å². The van der Waals surface area contributed by atoms with Gasteiger partial charge in [0.2, 0.25) is 0 Å². The number of aryl methyl sites for hydroxylation is 1. The molecule has 0 saturated heterocycles. The maximum Gasteiger partial charge on any atom is 0.118 e. The van der Waals surface area contributed by atoms with Crippen molar-refractivity contribution in [2.75, 3.05) is 20.3 Å². The Morgan fingerprint density at radius 3 is 2.45 bits per heavy atom. The van der Waals surface area contributed by atoms with E-state index >= 15 is 0 Å². The Labute approximate surface area is 123 Å². The molecule has 0 spiro atoms. The lowest BCUT2D eigenvalue weighted by molar-refractivity contribution is 0.248. The number of nitrogens with one attached hydrogen (secondary N) is 1. The zero-order valence-electron chi connectivity index (χ0n) is 13.1. The van der Waals surface area contributed by atoms with Crippen LogP contribution >= 0.6 is 0 Å². The molecule has 2 N–H and O–H groups in total. The van der Waals surface area contributed by atoms with Crippen LogP contribution in [0.1, 0.15) is 38.7 Å². The minimum absolute atomic E-state index is 0.292. The van der Waals surface area contributed by atoms with Crippen LogP contribution in [0, 0.1) is 5.92 Å². The summed E-state index contributed by atoms with van der Waals surface area (Å²) in [5.74, 6) is 1.50. The average molecular weight is 279 g/mol. The van der Waals surface area contributed by atoms with E-state index in [1.54, 1.807) is 7.11 Å². The molecule has 0 heterocycles. The van der Waals surface area contributed by atoms with Gasteiger partial charge in [-0.25, -0.2) is 0 Å². The molecule has 3 nitrogen and oxygen atoms in total. The number of ether oxygens (including phenoxy) is 1. The van der Waals surface area contributed by atoms with Crippen LogP contribution in [0.4, 0.5) is 0 Å². The van der Waals surface area contributed by atoms with Crippen molar-refractivity contribution in [2.45, 2.75) is 45.6 Å². The van der Waals surface area contributed by atoms with Crippen LogP contribution in [-0.4, -0.2) is 31.4 Å². The molecule has 0 aliphatic heterocycles. The lowest BCUT2D eigenvalue weighted by Crippen LogP contribution is -2.31. The van der Waals surface area contributed by atoms with Crippen molar-refractivity contribution in [1.82, 2.24) is 5.32 Å². The van der Waals surface area contributed by atoms with Crippen molar-refractivity contribution < 1.29 is 9.84 Å². The second-order valence-corrected chi connectivity index (χ2v) is 5.48. The molecule has 2 atom stereocenters. The molecule has 0 amide bonds. The quantitative estimate of drug-likeness (QED) is 0.692. The molecular weight excluding hydrogens is 250 g/mol. The van der Waals surface area contributed by atoms with Gasteiger partial charge in [0.05, 0.1) is 7.11 Å². The number of hydrogen-bond donors (Lipinski definition) is 2. The molecular formula is C17H29NO2. The van der Waals surface area contributed by atoms with Gasteiger partial charge in [0.1, 0.15) is 5.75 Å². The maximum absolute atomic E-state index is 8.99. The molecule has 114 valence electrons. The van der Waals surface area contributed by atoms with Crippen molar-refractivity contribution in [2.24, 2.45) is 5.92 Å². The van der Waals surface area contributed by atoms with Gasteiger partial charge in [-0.2, -0.15) is 0 Å². The predicted octanol–water partition coefficient (Wildman–Crippen LogP) is 3.01. The van der Waals surface area contributed by atoms with Gasteiger partial charge >= 0.3 is 0 Å². The largest absolute Gasteiger partial charge is 0.497 e. The van der Waals surface area contributed by atoms with E-state index in [4.69, 9.17) is 9.84 Å². The van der Waals surface area contributed by atoms with Crippen molar-refractivity contribution >= 4 is 0 Å². The topological polar surface area (TPSA) is 41.5 Å². The van der Waals surface area contributed by atoms with Crippen LogP contribution in [-0.2, 0) is 6.42 Å². The van der Waals surface area contributed by atoms with E-state index in [1.807, 2.05) is 12.1 Å². The highest BCUT2D eigenvalue weighted by Gasteiger charge is 2.08. The summed E-state index contributed by atoms with van der Waals surface area (Å²) >= 11 is 0. The molecule has 0 aliphatic rings. The second kappa shape index (κ2) is 9.78. The Bertz CT molecular complexity index is 351. The van der Waals surface area contributed by atoms with E-state index in [0.717, 1.165) is 38.0 Å². The van der Waals surface area contributed by atoms with Crippen molar-refractivity contribution in [3.63, 3.8) is 0 Å². The second-order valence-electron chi connectivity index (χ2n) is 5.48. The van der Waals surface area contributed by atoms with Gasteiger partial charge in [0, 0.05) is 12.6 Å².